The fourth-order valence-electron chi connectivity index (χ4n) is 2.63. The number of hydrogen-bond donors (Lipinski definition) is 0. The molecule has 1 aliphatic carbocycles. The van der Waals surface area contributed by atoms with Crippen molar-refractivity contribution in [1.29, 1.82) is 0 Å². The van der Waals surface area contributed by atoms with E-state index in [0.29, 0.717) is 4.90 Å². The zero-order valence-electron chi connectivity index (χ0n) is 11.8. The number of hydrogen-bond acceptors (Lipinski definition) is 2. The Balaban J connectivity index is 2.04. The van der Waals surface area contributed by atoms with Crippen LogP contribution in [0.1, 0.15) is 17.5 Å². The number of allylic oxidation sites excluding steroid dienone is 3. The van der Waals surface area contributed by atoms with Crippen molar-refractivity contribution in [2.75, 3.05) is 6.26 Å². The molecule has 0 bridgehead atoms. The van der Waals surface area contributed by atoms with E-state index in [4.69, 9.17) is 0 Å². The van der Waals surface area contributed by atoms with Crippen molar-refractivity contribution in [2.24, 2.45) is 0 Å². The summed E-state index contributed by atoms with van der Waals surface area (Å²) in [6, 6.07) is 17.3. The molecule has 21 heavy (non-hydrogen) atoms. The normalized spacial score (nSPS) is 15.0. The fraction of sp³-hybridized carbons (Fsp3) is 0.111. The molecule has 0 unspecified atom stereocenters. The van der Waals surface area contributed by atoms with Gasteiger partial charge >= 0.3 is 0 Å². The van der Waals surface area contributed by atoms with Crippen LogP contribution in [0, 0.1) is 0 Å². The molecule has 0 fully saturated rings. The SMILES string of the molecule is C=C1CC(c2ccc(S(C)(=O)=O)cc2)=C1c1ccccc1. The Morgan fingerprint density at radius 3 is 2.05 bits per heavy atom. The molecular formula is C18H16O2S. The van der Waals surface area contributed by atoms with Gasteiger partial charge in [0, 0.05) is 6.26 Å². The maximum absolute atomic E-state index is 11.5. The van der Waals surface area contributed by atoms with Crippen molar-refractivity contribution in [3.8, 4) is 0 Å². The number of sulfone groups is 1. The Hall–Kier alpha value is -2.13. The minimum atomic E-state index is -3.14. The van der Waals surface area contributed by atoms with Crippen LogP contribution in [-0.4, -0.2) is 14.7 Å². The van der Waals surface area contributed by atoms with E-state index in [1.165, 1.54) is 17.4 Å². The summed E-state index contributed by atoms with van der Waals surface area (Å²) in [5.74, 6) is 0. The van der Waals surface area contributed by atoms with Gasteiger partial charge in [0.05, 0.1) is 4.90 Å². The summed E-state index contributed by atoms with van der Waals surface area (Å²) in [5.41, 5.74) is 5.77. The predicted molar refractivity (Wildman–Crippen MR) is 86.6 cm³/mol. The lowest BCUT2D eigenvalue weighted by Gasteiger charge is -2.27. The third-order valence-electron chi connectivity index (χ3n) is 3.74. The summed E-state index contributed by atoms with van der Waals surface area (Å²) in [7, 11) is -3.14. The first-order valence-electron chi connectivity index (χ1n) is 6.74. The molecular weight excluding hydrogens is 280 g/mol. The van der Waals surface area contributed by atoms with E-state index in [1.807, 2.05) is 30.3 Å². The summed E-state index contributed by atoms with van der Waals surface area (Å²) in [4.78, 5) is 0.353. The minimum Gasteiger partial charge on any atom is -0.224 e. The number of benzene rings is 2. The lowest BCUT2D eigenvalue weighted by Crippen LogP contribution is -2.06. The molecule has 0 heterocycles. The zero-order chi connectivity index (χ0) is 15.0. The quantitative estimate of drug-likeness (QED) is 0.859. The first kappa shape index (κ1) is 13.8. The lowest BCUT2D eigenvalue weighted by molar-refractivity contribution is 0.602. The van der Waals surface area contributed by atoms with Gasteiger partial charge in [-0.3, -0.25) is 0 Å². The van der Waals surface area contributed by atoms with E-state index >= 15 is 0 Å². The molecule has 1 aliphatic rings. The molecule has 3 rings (SSSR count). The van der Waals surface area contributed by atoms with Crippen LogP contribution in [0.2, 0.25) is 0 Å². The molecule has 0 amide bonds. The Morgan fingerprint density at radius 2 is 1.52 bits per heavy atom. The van der Waals surface area contributed by atoms with E-state index in [9.17, 15) is 8.42 Å². The second-order valence-corrected chi connectivity index (χ2v) is 7.31. The van der Waals surface area contributed by atoms with Gasteiger partial charge in [0.2, 0.25) is 0 Å². The van der Waals surface area contributed by atoms with Crippen LogP contribution in [0.3, 0.4) is 0 Å². The lowest BCUT2D eigenvalue weighted by atomic mass is 9.77. The van der Waals surface area contributed by atoms with Crippen LogP contribution in [0.25, 0.3) is 11.1 Å². The molecule has 0 N–H and O–H groups in total. The van der Waals surface area contributed by atoms with Gasteiger partial charge < -0.3 is 0 Å². The fourth-order valence-corrected chi connectivity index (χ4v) is 3.26. The Bertz CT molecular complexity index is 827. The average molecular weight is 296 g/mol. The second kappa shape index (κ2) is 5.01. The highest BCUT2D eigenvalue weighted by Gasteiger charge is 2.24. The predicted octanol–water partition coefficient (Wildman–Crippen LogP) is 3.96. The minimum absolute atomic E-state index is 0.353. The van der Waals surface area contributed by atoms with Crippen molar-refractivity contribution in [1.82, 2.24) is 0 Å². The highest BCUT2D eigenvalue weighted by molar-refractivity contribution is 7.90. The average Bonchev–Trinajstić information content (AvgIpc) is 2.45. The second-order valence-electron chi connectivity index (χ2n) is 5.30. The van der Waals surface area contributed by atoms with Crippen molar-refractivity contribution < 1.29 is 8.42 Å². The van der Waals surface area contributed by atoms with Crippen molar-refractivity contribution in [3.63, 3.8) is 0 Å². The third-order valence-corrected chi connectivity index (χ3v) is 4.87. The Labute approximate surface area is 125 Å². The van der Waals surface area contributed by atoms with Gasteiger partial charge in [-0.05, 0) is 46.4 Å². The standard InChI is InChI=1S/C18H16O2S/c1-13-12-17(18(13)15-6-4-3-5-7-15)14-8-10-16(11-9-14)21(2,19)20/h3-11H,1,12H2,2H3. The Morgan fingerprint density at radius 1 is 0.905 bits per heavy atom. The molecule has 0 aliphatic heterocycles. The van der Waals surface area contributed by atoms with Crippen molar-refractivity contribution in [3.05, 3.63) is 77.9 Å². The topological polar surface area (TPSA) is 34.1 Å². The van der Waals surface area contributed by atoms with Gasteiger partial charge in [-0.25, -0.2) is 8.42 Å². The van der Waals surface area contributed by atoms with Gasteiger partial charge in [0.25, 0.3) is 0 Å². The molecule has 2 nitrogen and oxygen atoms in total. The summed E-state index contributed by atoms with van der Waals surface area (Å²) < 4.78 is 23.0. The van der Waals surface area contributed by atoms with Crippen molar-refractivity contribution in [2.45, 2.75) is 11.3 Å². The monoisotopic (exact) mass is 296 g/mol. The van der Waals surface area contributed by atoms with E-state index in [1.54, 1.807) is 12.1 Å². The molecule has 0 saturated heterocycles. The van der Waals surface area contributed by atoms with Crippen LogP contribution in [0.5, 0.6) is 0 Å². The molecule has 3 heteroatoms. The van der Waals surface area contributed by atoms with Gasteiger partial charge in [-0.15, -0.1) is 0 Å². The smallest absolute Gasteiger partial charge is 0.175 e. The maximum atomic E-state index is 11.5. The van der Waals surface area contributed by atoms with Crippen LogP contribution < -0.4 is 0 Å². The first-order valence-corrected chi connectivity index (χ1v) is 8.63. The highest BCUT2D eigenvalue weighted by Crippen LogP contribution is 2.45. The Kier molecular flexibility index (Phi) is 3.30. The molecule has 0 atom stereocenters. The van der Waals surface area contributed by atoms with Gasteiger partial charge in [0.1, 0.15) is 0 Å². The number of rotatable bonds is 3. The first-order chi connectivity index (χ1) is 9.97. The van der Waals surface area contributed by atoms with Gasteiger partial charge in [0.15, 0.2) is 9.84 Å². The van der Waals surface area contributed by atoms with E-state index in [-0.39, 0.29) is 0 Å². The van der Waals surface area contributed by atoms with Gasteiger partial charge in [-0.1, -0.05) is 49.0 Å². The molecule has 0 spiro atoms. The summed E-state index contributed by atoms with van der Waals surface area (Å²) in [5, 5.41) is 0. The molecule has 2 aromatic rings. The van der Waals surface area contributed by atoms with Crippen LogP contribution in [-0.2, 0) is 9.84 Å². The molecule has 0 aromatic heterocycles. The summed E-state index contributed by atoms with van der Waals surface area (Å²) >= 11 is 0. The summed E-state index contributed by atoms with van der Waals surface area (Å²) in [6.45, 7) is 4.10. The van der Waals surface area contributed by atoms with E-state index < -0.39 is 9.84 Å². The maximum Gasteiger partial charge on any atom is 0.175 e. The van der Waals surface area contributed by atoms with Gasteiger partial charge in [-0.2, -0.15) is 0 Å². The molecule has 0 radical (unpaired) electrons. The molecule has 2 aromatic carbocycles. The molecule has 106 valence electrons. The molecule has 0 saturated carbocycles. The van der Waals surface area contributed by atoms with E-state index in [2.05, 4.69) is 18.7 Å². The van der Waals surface area contributed by atoms with Crippen LogP contribution in [0.15, 0.2) is 71.6 Å². The highest BCUT2D eigenvalue weighted by atomic mass is 32.2. The third kappa shape index (κ3) is 2.57. The van der Waals surface area contributed by atoms with Crippen molar-refractivity contribution >= 4 is 21.0 Å². The summed E-state index contributed by atoms with van der Waals surface area (Å²) in [6.07, 6.45) is 2.07. The largest absolute Gasteiger partial charge is 0.224 e. The zero-order valence-corrected chi connectivity index (χ0v) is 12.7. The van der Waals surface area contributed by atoms with E-state index in [0.717, 1.165) is 23.1 Å². The van der Waals surface area contributed by atoms with Crippen LogP contribution >= 0.6 is 0 Å². The van der Waals surface area contributed by atoms with Crippen LogP contribution in [0.4, 0.5) is 0 Å².